The van der Waals surface area contributed by atoms with Gasteiger partial charge in [-0.05, 0) is 43.2 Å². The minimum absolute atomic E-state index is 0.0208. The van der Waals surface area contributed by atoms with Crippen LogP contribution in [0, 0.1) is 11.8 Å². The van der Waals surface area contributed by atoms with Gasteiger partial charge < -0.3 is 5.32 Å². The fourth-order valence-electron chi connectivity index (χ4n) is 4.67. The first-order valence-electron chi connectivity index (χ1n) is 9.37. The number of aryl methyl sites for hydroxylation is 1. The van der Waals surface area contributed by atoms with Gasteiger partial charge in [0.05, 0.1) is 17.9 Å². The molecule has 1 aliphatic heterocycles. The summed E-state index contributed by atoms with van der Waals surface area (Å²) >= 11 is 0. The van der Waals surface area contributed by atoms with Crippen LogP contribution >= 0.6 is 0 Å². The van der Waals surface area contributed by atoms with Gasteiger partial charge in [-0.2, -0.15) is 0 Å². The maximum atomic E-state index is 12.5. The van der Waals surface area contributed by atoms with Crippen LogP contribution in [-0.2, 0) is 20.8 Å². The van der Waals surface area contributed by atoms with Crippen molar-refractivity contribution in [2.24, 2.45) is 11.8 Å². The summed E-state index contributed by atoms with van der Waals surface area (Å²) in [5.74, 6) is -0.904. The summed E-state index contributed by atoms with van der Waals surface area (Å²) in [4.78, 5) is 38.7. The van der Waals surface area contributed by atoms with E-state index < -0.39 is 0 Å². The fraction of sp³-hybridized carbons (Fsp3) is 0.550. The topological polar surface area (TPSA) is 66.5 Å². The van der Waals surface area contributed by atoms with Crippen LogP contribution in [0.5, 0.6) is 0 Å². The van der Waals surface area contributed by atoms with Crippen molar-refractivity contribution in [3.05, 3.63) is 35.4 Å². The Hall–Kier alpha value is -2.17. The summed E-state index contributed by atoms with van der Waals surface area (Å²) in [6, 6.07) is 8.15. The average molecular weight is 340 g/mol. The van der Waals surface area contributed by atoms with Crippen LogP contribution in [0.4, 0.5) is 0 Å². The number of rotatable bonds is 3. The Kier molecular flexibility index (Phi) is 4.32. The number of imide groups is 1. The number of fused-ring (bicyclic) bond motifs is 2. The van der Waals surface area contributed by atoms with E-state index in [1.165, 1.54) is 10.5 Å². The molecule has 0 unspecified atom stereocenters. The Morgan fingerprint density at radius 1 is 1.00 bits per heavy atom. The average Bonchev–Trinajstić information content (AvgIpc) is 2.87. The van der Waals surface area contributed by atoms with Gasteiger partial charge in [-0.3, -0.25) is 19.3 Å². The zero-order valence-electron chi connectivity index (χ0n) is 14.4. The minimum Gasteiger partial charge on any atom is -0.348 e. The predicted octanol–water partition coefficient (Wildman–Crippen LogP) is 2.36. The lowest BCUT2D eigenvalue weighted by Crippen LogP contribution is -2.42. The molecule has 5 heteroatoms. The van der Waals surface area contributed by atoms with E-state index in [0.29, 0.717) is 0 Å². The van der Waals surface area contributed by atoms with Gasteiger partial charge in [-0.25, -0.2) is 0 Å². The lowest BCUT2D eigenvalue weighted by Gasteiger charge is -2.27. The molecule has 3 amide bonds. The summed E-state index contributed by atoms with van der Waals surface area (Å²) in [6.45, 7) is -0.136. The largest absolute Gasteiger partial charge is 0.348 e. The van der Waals surface area contributed by atoms with E-state index in [2.05, 4.69) is 17.4 Å². The number of carbonyl (C=O) groups is 3. The van der Waals surface area contributed by atoms with E-state index in [4.69, 9.17) is 0 Å². The van der Waals surface area contributed by atoms with Crippen molar-refractivity contribution >= 4 is 17.7 Å². The molecule has 3 aliphatic rings. The van der Waals surface area contributed by atoms with E-state index in [9.17, 15) is 14.4 Å². The Labute approximate surface area is 147 Å². The third-order valence-electron chi connectivity index (χ3n) is 5.94. The summed E-state index contributed by atoms with van der Waals surface area (Å²) in [5.41, 5.74) is 2.44. The van der Waals surface area contributed by atoms with Gasteiger partial charge in [0.15, 0.2) is 0 Å². The first-order valence-corrected chi connectivity index (χ1v) is 9.37. The van der Waals surface area contributed by atoms with Gasteiger partial charge in [0.1, 0.15) is 6.54 Å². The van der Waals surface area contributed by atoms with Gasteiger partial charge >= 0.3 is 0 Å². The number of amides is 3. The molecule has 0 radical (unpaired) electrons. The van der Waals surface area contributed by atoms with E-state index in [-0.39, 0.29) is 42.1 Å². The van der Waals surface area contributed by atoms with Crippen LogP contribution in [0.25, 0.3) is 0 Å². The molecule has 1 N–H and O–H groups in total. The standard InChI is InChI=1S/C20H24N2O3/c23-18(21-17-11-5-7-13-6-1-2-8-14(13)17)12-22-19(24)15-9-3-4-10-16(15)20(22)25/h1-2,6,8,15-17H,3-5,7,9-12H2,(H,21,23)/t15-,16+,17-/m1/s1. The number of nitrogens with zero attached hydrogens (tertiary/aromatic N) is 1. The predicted molar refractivity (Wildman–Crippen MR) is 92.4 cm³/mol. The molecule has 2 fully saturated rings. The monoisotopic (exact) mass is 340 g/mol. The Balaban J connectivity index is 1.43. The smallest absolute Gasteiger partial charge is 0.240 e. The molecule has 0 spiro atoms. The van der Waals surface area contributed by atoms with Gasteiger partial charge in [-0.1, -0.05) is 37.1 Å². The molecule has 1 saturated heterocycles. The van der Waals surface area contributed by atoms with Crippen LogP contribution in [0.15, 0.2) is 24.3 Å². The number of hydrogen-bond acceptors (Lipinski definition) is 3. The molecular formula is C20H24N2O3. The number of benzene rings is 1. The van der Waals surface area contributed by atoms with Gasteiger partial charge in [-0.15, -0.1) is 0 Å². The Bertz CT molecular complexity index is 691. The number of hydrogen-bond donors (Lipinski definition) is 1. The Morgan fingerprint density at radius 2 is 1.68 bits per heavy atom. The van der Waals surface area contributed by atoms with Crippen molar-refractivity contribution in [2.75, 3.05) is 6.54 Å². The van der Waals surface area contributed by atoms with Crippen molar-refractivity contribution in [1.82, 2.24) is 10.2 Å². The highest BCUT2D eigenvalue weighted by molar-refractivity contribution is 6.07. The third kappa shape index (κ3) is 2.96. The lowest BCUT2D eigenvalue weighted by atomic mass is 9.81. The van der Waals surface area contributed by atoms with Crippen molar-refractivity contribution in [1.29, 1.82) is 0 Å². The van der Waals surface area contributed by atoms with Crippen molar-refractivity contribution in [2.45, 2.75) is 51.0 Å². The summed E-state index contributed by atoms with van der Waals surface area (Å²) in [6.07, 6.45) is 6.53. The molecule has 4 rings (SSSR count). The minimum atomic E-state index is -0.234. The number of carbonyl (C=O) groups excluding carboxylic acids is 3. The first-order chi connectivity index (χ1) is 12.1. The summed E-state index contributed by atoms with van der Waals surface area (Å²) in [5, 5.41) is 3.04. The highest BCUT2D eigenvalue weighted by atomic mass is 16.2. The zero-order valence-corrected chi connectivity index (χ0v) is 14.4. The van der Waals surface area contributed by atoms with Crippen molar-refractivity contribution in [3.8, 4) is 0 Å². The van der Waals surface area contributed by atoms with E-state index in [0.717, 1.165) is 50.5 Å². The lowest BCUT2D eigenvalue weighted by molar-refractivity contribution is -0.143. The second kappa shape index (κ2) is 6.62. The third-order valence-corrected chi connectivity index (χ3v) is 5.94. The molecule has 1 aromatic carbocycles. The molecule has 5 nitrogen and oxygen atoms in total. The second-order valence-corrected chi connectivity index (χ2v) is 7.47. The highest BCUT2D eigenvalue weighted by Gasteiger charge is 2.48. The molecular weight excluding hydrogens is 316 g/mol. The molecule has 1 saturated carbocycles. The fourth-order valence-corrected chi connectivity index (χ4v) is 4.67. The Morgan fingerprint density at radius 3 is 2.40 bits per heavy atom. The van der Waals surface area contributed by atoms with Crippen LogP contribution in [-0.4, -0.2) is 29.2 Å². The first kappa shape index (κ1) is 16.3. The molecule has 1 aromatic rings. The van der Waals surface area contributed by atoms with Crippen LogP contribution in [0.3, 0.4) is 0 Å². The van der Waals surface area contributed by atoms with Gasteiger partial charge in [0.2, 0.25) is 17.7 Å². The van der Waals surface area contributed by atoms with Gasteiger partial charge in [0.25, 0.3) is 0 Å². The zero-order chi connectivity index (χ0) is 17.4. The second-order valence-electron chi connectivity index (χ2n) is 7.47. The van der Waals surface area contributed by atoms with Crippen LogP contribution < -0.4 is 5.32 Å². The van der Waals surface area contributed by atoms with Crippen LogP contribution in [0.2, 0.25) is 0 Å². The molecule has 0 bridgehead atoms. The van der Waals surface area contributed by atoms with E-state index in [1.54, 1.807) is 0 Å². The molecule has 1 heterocycles. The van der Waals surface area contributed by atoms with E-state index in [1.807, 2.05) is 12.1 Å². The SMILES string of the molecule is O=C(CN1C(=O)[C@H]2CCCC[C@H]2C1=O)N[C@@H]1CCCc2ccccc21. The van der Waals surface area contributed by atoms with Crippen molar-refractivity contribution in [3.63, 3.8) is 0 Å². The normalized spacial score (nSPS) is 28.5. The van der Waals surface area contributed by atoms with Crippen molar-refractivity contribution < 1.29 is 14.4 Å². The van der Waals surface area contributed by atoms with Gasteiger partial charge in [0, 0.05) is 0 Å². The number of nitrogens with one attached hydrogen (secondary N) is 1. The highest BCUT2D eigenvalue weighted by Crippen LogP contribution is 2.38. The summed E-state index contributed by atoms with van der Waals surface area (Å²) in [7, 11) is 0. The molecule has 0 aromatic heterocycles. The molecule has 2 aliphatic carbocycles. The maximum absolute atomic E-state index is 12.5. The molecule has 132 valence electrons. The summed E-state index contributed by atoms with van der Waals surface area (Å²) < 4.78 is 0. The molecule has 25 heavy (non-hydrogen) atoms. The van der Waals surface area contributed by atoms with E-state index >= 15 is 0 Å². The quantitative estimate of drug-likeness (QED) is 0.859. The number of likely N-dealkylation sites (tertiary alicyclic amines) is 1. The molecule has 3 atom stereocenters. The van der Waals surface area contributed by atoms with Crippen LogP contribution in [0.1, 0.15) is 55.7 Å². The maximum Gasteiger partial charge on any atom is 0.240 e.